The summed E-state index contributed by atoms with van der Waals surface area (Å²) in [5.74, 6) is 1.56. The highest BCUT2D eigenvalue weighted by molar-refractivity contribution is 8.00. The first-order valence-corrected chi connectivity index (χ1v) is 7.75. The second-order valence-corrected chi connectivity index (χ2v) is 7.40. The lowest BCUT2D eigenvalue weighted by Gasteiger charge is -2.19. The lowest BCUT2D eigenvalue weighted by Crippen LogP contribution is -2.16. The van der Waals surface area contributed by atoms with E-state index in [1.165, 1.54) is 12.0 Å². The van der Waals surface area contributed by atoms with Gasteiger partial charge in [0.2, 0.25) is 0 Å². The average molecular weight is 262 g/mol. The zero-order valence-corrected chi connectivity index (χ0v) is 12.3. The minimum Gasteiger partial charge on any atom is -0.298 e. The average Bonchev–Trinajstić information content (AvgIpc) is 2.82. The Labute approximate surface area is 114 Å². The van der Waals surface area contributed by atoms with Crippen LogP contribution in [0.25, 0.3) is 0 Å². The maximum absolute atomic E-state index is 12.1. The highest BCUT2D eigenvalue weighted by Crippen LogP contribution is 2.28. The monoisotopic (exact) mass is 262 g/mol. The number of benzene rings is 1. The zero-order valence-electron chi connectivity index (χ0n) is 11.5. The van der Waals surface area contributed by atoms with Crippen molar-refractivity contribution in [3.8, 4) is 0 Å². The van der Waals surface area contributed by atoms with E-state index in [2.05, 4.69) is 45.0 Å². The molecule has 0 aromatic heterocycles. The summed E-state index contributed by atoms with van der Waals surface area (Å²) in [5.41, 5.74) is 2.67. The third-order valence-corrected chi connectivity index (χ3v) is 4.91. The smallest absolute Gasteiger partial charge is 0.150 e. The van der Waals surface area contributed by atoms with Crippen molar-refractivity contribution in [2.75, 3.05) is 5.75 Å². The number of carbonyl (C=O) groups is 1. The molecule has 18 heavy (non-hydrogen) atoms. The normalized spacial score (nSPS) is 20.1. The molecule has 1 saturated heterocycles. The molecule has 1 aliphatic heterocycles. The summed E-state index contributed by atoms with van der Waals surface area (Å²) in [7, 11) is 0. The Kier molecular flexibility index (Phi) is 4.16. The SMILES string of the molecule is CC(C)(C)c1ccc(CC(=O)C2CCCS2)cc1. The molecule has 1 aromatic carbocycles. The third-order valence-electron chi connectivity index (χ3n) is 3.49. The third kappa shape index (κ3) is 3.38. The number of rotatable bonds is 3. The van der Waals surface area contributed by atoms with Gasteiger partial charge in [0, 0.05) is 6.42 Å². The number of thioether (sulfide) groups is 1. The maximum atomic E-state index is 12.1. The van der Waals surface area contributed by atoms with E-state index in [9.17, 15) is 4.79 Å². The molecule has 1 fully saturated rings. The Morgan fingerprint density at radius 2 is 1.94 bits per heavy atom. The van der Waals surface area contributed by atoms with Crippen LogP contribution in [0.3, 0.4) is 0 Å². The van der Waals surface area contributed by atoms with E-state index in [0.29, 0.717) is 12.2 Å². The van der Waals surface area contributed by atoms with Gasteiger partial charge < -0.3 is 0 Å². The topological polar surface area (TPSA) is 17.1 Å². The number of hydrogen-bond donors (Lipinski definition) is 0. The van der Waals surface area contributed by atoms with E-state index < -0.39 is 0 Å². The van der Waals surface area contributed by atoms with Gasteiger partial charge in [0.25, 0.3) is 0 Å². The van der Waals surface area contributed by atoms with Gasteiger partial charge >= 0.3 is 0 Å². The molecule has 1 nitrogen and oxygen atoms in total. The molecule has 2 heteroatoms. The van der Waals surface area contributed by atoms with E-state index in [1.54, 1.807) is 0 Å². The molecule has 1 aliphatic rings. The maximum Gasteiger partial charge on any atom is 0.150 e. The van der Waals surface area contributed by atoms with Crippen LogP contribution in [0.5, 0.6) is 0 Å². The van der Waals surface area contributed by atoms with Gasteiger partial charge in [0.1, 0.15) is 5.78 Å². The standard InChI is InChI=1S/C16H22OS/c1-16(2,3)13-8-6-12(7-9-13)11-14(17)15-5-4-10-18-15/h6-9,15H,4-5,10-11H2,1-3H3. The number of carbonyl (C=O) groups excluding carboxylic acids is 1. The van der Waals surface area contributed by atoms with Gasteiger partial charge in [-0.25, -0.2) is 0 Å². The van der Waals surface area contributed by atoms with E-state index in [0.717, 1.165) is 17.7 Å². The van der Waals surface area contributed by atoms with Crippen LogP contribution < -0.4 is 0 Å². The van der Waals surface area contributed by atoms with Crippen LogP contribution in [0, 0.1) is 0 Å². The quantitative estimate of drug-likeness (QED) is 0.819. The first-order chi connectivity index (χ1) is 8.47. The molecule has 2 rings (SSSR count). The fourth-order valence-electron chi connectivity index (χ4n) is 2.27. The lowest BCUT2D eigenvalue weighted by molar-refractivity contribution is -0.117. The summed E-state index contributed by atoms with van der Waals surface area (Å²) in [6, 6.07) is 8.53. The van der Waals surface area contributed by atoms with Crippen molar-refractivity contribution in [3.05, 3.63) is 35.4 Å². The first kappa shape index (κ1) is 13.7. The van der Waals surface area contributed by atoms with Crippen LogP contribution >= 0.6 is 11.8 Å². The predicted octanol–water partition coefficient (Wildman–Crippen LogP) is 3.99. The van der Waals surface area contributed by atoms with Crippen molar-refractivity contribution in [2.45, 2.75) is 50.7 Å². The molecule has 1 heterocycles. The minimum atomic E-state index is 0.184. The van der Waals surface area contributed by atoms with Gasteiger partial charge in [-0.05, 0) is 35.1 Å². The van der Waals surface area contributed by atoms with Gasteiger partial charge in [-0.2, -0.15) is 11.8 Å². The van der Waals surface area contributed by atoms with Crippen LogP contribution in [0.1, 0.15) is 44.7 Å². The van der Waals surface area contributed by atoms with Crippen molar-refractivity contribution in [2.24, 2.45) is 0 Å². The largest absolute Gasteiger partial charge is 0.298 e. The molecule has 0 saturated carbocycles. The van der Waals surface area contributed by atoms with Crippen LogP contribution in [-0.4, -0.2) is 16.8 Å². The van der Waals surface area contributed by atoms with Crippen molar-refractivity contribution >= 4 is 17.5 Å². The van der Waals surface area contributed by atoms with Gasteiger partial charge in [0.05, 0.1) is 5.25 Å². The lowest BCUT2D eigenvalue weighted by atomic mass is 9.86. The summed E-state index contributed by atoms with van der Waals surface area (Å²) in [4.78, 5) is 12.1. The van der Waals surface area contributed by atoms with Crippen LogP contribution in [-0.2, 0) is 16.6 Å². The van der Waals surface area contributed by atoms with Crippen molar-refractivity contribution in [1.82, 2.24) is 0 Å². The van der Waals surface area contributed by atoms with Crippen molar-refractivity contribution < 1.29 is 4.79 Å². The summed E-state index contributed by atoms with van der Waals surface area (Å²) in [5, 5.41) is 0.257. The molecular formula is C16H22OS. The molecule has 0 bridgehead atoms. The number of Topliss-reactive ketones (excluding diaryl/α,β-unsaturated/α-hetero) is 1. The highest BCUT2D eigenvalue weighted by atomic mass is 32.2. The van der Waals surface area contributed by atoms with E-state index in [1.807, 2.05) is 11.8 Å². The molecule has 0 radical (unpaired) electrons. The van der Waals surface area contributed by atoms with Crippen LogP contribution in [0.2, 0.25) is 0 Å². The van der Waals surface area contributed by atoms with Gasteiger partial charge in [-0.15, -0.1) is 0 Å². The molecular weight excluding hydrogens is 240 g/mol. The Hall–Kier alpha value is -0.760. The van der Waals surface area contributed by atoms with Gasteiger partial charge in [-0.3, -0.25) is 4.79 Å². The summed E-state index contributed by atoms with van der Waals surface area (Å²) >= 11 is 1.83. The Balaban J connectivity index is 2.00. The second kappa shape index (κ2) is 5.48. The molecule has 0 amide bonds. The minimum absolute atomic E-state index is 0.184. The molecule has 0 aliphatic carbocycles. The van der Waals surface area contributed by atoms with Gasteiger partial charge in [0.15, 0.2) is 0 Å². The number of ketones is 1. The first-order valence-electron chi connectivity index (χ1n) is 6.70. The molecule has 1 unspecified atom stereocenters. The van der Waals surface area contributed by atoms with E-state index in [4.69, 9.17) is 0 Å². The molecule has 1 aromatic rings. The highest BCUT2D eigenvalue weighted by Gasteiger charge is 2.23. The van der Waals surface area contributed by atoms with Gasteiger partial charge in [-0.1, -0.05) is 45.0 Å². The predicted molar refractivity (Wildman–Crippen MR) is 79.3 cm³/mol. The fraction of sp³-hybridized carbons (Fsp3) is 0.562. The number of hydrogen-bond acceptors (Lipinski definition) is 2. The Bertz CT molecular complexity index is 408. The summed E-state index contributed by atoms with van der Waals surface area (Å²) in [6.07, 6.45) is 2.87. The molecule has 0 spiro atoms. The molecule has 98 valence electrons. The summed E-state index contributed by atoms with van der Waals surface area (Å²) < 4.78 is 0. The summed E-state index contributed by atoms with van der Waals surface area (Å²) in [6.45, 7) is 6.63. The Morgan fingerprint density at radius 1 is 1.28 bits per heavy atom. The molecule has 0 N–H and O–H groups in total. The van der Waals surface area contributed by atoms with Crippen molar-refractivity contribution in [3.63, 3.8) is 0 Å². The van der Waals surface area contributed by atoms with E-state index in [-0.39, 0.29) is 10.7 Å². The fourth-order valence-corrected chi connectivity index (χ4v) is 3.49. The Morgan fingerprint density at radius 3 is 2.44 bits per heavy atom. The van der Waals surface area contributed by atoms with Crippen LogP contribution in [0.4, 0.5) is 0 Å². The van der Waals surface area contributed by atoms with Crippen molar-refractivity contribution in [1.29, 1.82) is 0 Å². The van der Waals surface area contributed by atoms with Crippen LogP contribution in [0.15, 0.2) is 24.3 Å². The zero-order chi connectivity index (χ0) is 13.2. The molecule has 1 atom stereocenters. The second-order valence-electron chi connectivity index (χ2n) is 6.09. The van der Waals surface area contributed by atoms with E-state index >= 15 is 0 Å².